The summed E-state index contributed by atoms with van der Waals surface area (Å²) in [6.07, 6.45) is 22.3. The molecule has 0 saturated carbocycles. The molecule has 2 rings (SSSR count). The van der Waals surface area contributed by atoms with Crippen molar-refractivity contribution in [2.24, 2.45) is 0 Å². The first-order valence-corrected chi connectivity index (χ1v) is 12.1. The molecule has 1 aliphatic heterocycles. The van der Waals surface area contributed by atoms with Gasteiger partial charge in [0.05, 0.1) is 6.10 Å². The molecule has 1 aliphatic rings. The average Bonchev–Trinajstić information content (AvgIpc) is 3.41. The second-order valence-electron chi connectivity index (χ2n) is 8.64. The van der Waals surface area contributed by atoms with Crippen LogP contribution < -0.4 is 0 Å². The van der Waals surface area contributed by atoms with Gasteiger partial charge in [0.15, 0.2) is 0 Å². The van der Waals surface area contributed by atoms with Crippen LogP contribution in [0, 0.1) is 0 Å². The Labute approximate surface area is 169 Å². The lowest BCUT2D eigenvalue weighted by molar-refractivity contribution is 0.274. The highest BCUT2D eigenvalue weighted by molar-refractivity contribution is 5.29. The molecule has 154 valence electrons. The smallest absolute Gasteiger partial charge is 0.120 e. The molecule has 0 bridgehead atoms. The molecule has 1 fully saturated rings. The Morgan fingerprint density at radius 1 is 0.667 bits per heavy atom. The highest BCUT2D eigenvalue weighted by Crippen LogP contribution is 2.52. The monoisotopic (exact) mass is 372 g/mol. The molecule has 1 aromatic carbocycles. The van der Waals surface area contributed by atoms with E-state index in [2.05, 4.69) is 44.2 Å². The van der Waals surface area contributed by atoms with E-state index in [9.17, 15) is 0 Å². The minimum Gasteiger partial charge on any atom is -0.361 e. The summed E-state index contributed by atoms with van der Waals surface area (Å²) >= 11 is 0. The van der Waals surface area contributed by atoms with Gasteiger partial charge >= 0.3 is 0 Å². The van der Waals surface area contributed by atoms with Gasteiger partial charge in [-0.25, -0.2) is 0 Å². The minimum atomic E-state index is 0.0485. The van der Waals surface area contributed by atoms with Crippen molar-refractivity contribution in [2.45, 2.75) is 128 Å². The molecular formula is C26H44O. The summed E-state index contributed by atoms with van der Waals surface area (Å²) in [5.74, 6) is 0. The van der Waals surface area contributed by atoms with Crippen LogP contribution in [-0.4, -0.2) is 6.10 Å². The van der Waals surface area contributed by atoms with Gasteiger partial charge in [-0.05, 0) is 18.4 Å². The van der Waals surface area contributed by atoms with Crippen molar-refractivity contribution in [2.75, 3.05) is 0 Å². The Balaban J connectivity index is 1.69. The highest BCUT2D eigenvalue weighted by atomic mass is 16.6. The lowest BCUT2D eigenvalue weighted by Gasteiger charge is -2.14. The van der Waals surface area contributed by atoms with E-state index in [1.165, 1.54) is 108 Å². The molecule has 27 heavy (non-hydrogen) atoms. The Bertz CT molecular complexity index is 468. The first-order chi connectivity index (χ1) is 13.3. The van der Waals surface area contributed by atoms with E-state index in [0.29, 0.717) is 6.10 Å². The molecule has 1 nitrogen and oxygen atoms in total. The van der Waals surface area contributed by atoms with Gasteiger partial charge in [-0.2, -0.15) is 0 Å². The molecule has 0 spiro atoms. The molecular weight excluding hydrogens is 328 g/mol. The predicted octanol–water partition coefficient (Wildman–Crippen LogP) is 8.56. The second-order valence-corrected chi connectivity index (χ2v) is 8.64. The summed E-state index contributed by atoms with van der Waals surface area (Å²) in [6.45, 7) is 4.58. The Morgan fingerprint density at radius 2 is 1.19 bits per heavy atom. The van der Waals surface area contributed by atoms with E-state index in [4.69, 9.17) is 4.74 Å². The quantitative estimate of drug-likeness (QED) is 0.197. The maximum absolute atomic E-state index is 6.38. The zero-order valence-electron chi connectivity index (χ0n) is 18.2. The minimum absolute atomic E-state index is 0.0485. The van der Waals surface area contributed by atoms with Gasteiger partial charge in [0.1, 0.15) is 5.60 Å². The summed E-state index contributed by atoms with van der Waals surface area (Å²) in [4.78, 5) is 0. The van der Waals surface area contributed by atoms with Gasteiger partial charge in [-0.3, -0.25) is 0 Å². The summed E-state index contributed by atoms with van der Waals surface area (Å²) in [7, 11) is 0. The molecule has 1 heteroatoms. The lowest BCUT2D eigenvalue weighted by Crippen LogP contribution is -2.13. The predicted molar refractivity (Wildman–Crippen MR) is 118 cm³/mol. The molecule has 0 amide bonds. The zero-order chi connectivity index (χ0) is 19.2. The zero-order valence-corrected chi connectivity index (χ0v) is 18.2. The fraction of sp³-hybridized carbons (Fsp3) is 0.769. The van der Waals surface area contributed by atoms with Crippen molar-refractivity contribution in [3.8, 4) is 0 Å². The van der Waals surface area contributed by atoms with Crippen molar-refractivity contribution >= 4 is 0 Å². The van der Waals surface area contributed by atoms with Gasteiger partial charge in [0.25, 0.3) is 0 Å². The van der Waals surface area contributed by atoms with Crippen LogP contribution in [0.25, 0.3) is 0 Å². The van der Waals surface area contributed by atoms with Crippen LogP contribution in [0.3, 0.4) is 0 Å². The molecule has 2 unspecified atom stereocenters. The fourth-order valence-corrected chi connectivity index (χ4v) is 4.48. The topological polar surface area (TPSA) is 12.5 Å². The van der Waals surface area contributed by atoms with Crippen LogP contribution in [-0.2, 0) is 10.3 Å². The lowest BCUT2D eigenvalue weighted by atomic mass is 9.87. The van der Waals surface area contributed by atoms with Crippen molar-refractivity contribution in [3.63, 3.8) is 0 Å². The third kappa shape index (κ3) is 7.98. The van der Waals surface area contributed by atoms with Crippen molar-refractivity contribution in [1.82, 2.24) is 0 Å². The molecule has 0 aromatic heterocycles. The molecule has 0 radical (unpaired) electrons. The van der Waals surface area contributed by atoms with Gasteiger partial charge in [0, 0.05) is 0 Å². The molecule has 1 aromatic rings. The van der Waals surface area contributed by atoms with Crippen molar-refractivity contribution in [1.29, 1.82) is 0 Å². The van der Waals surface area contributed by atoms with E-state index in [1.807, 2.05) is 0 Å². The van der Waals surface area contributed by atoms with Gasteiger partial charge in [0.2, 0.25) is 0 Å². The fourth-order valence-electron chi connectivity index (χ4n) is 4.48. The second kappa shape index (κ2) is 13.4. The normalized spacial score (nSPS) is 21.5. The Kier molecular flexibility index (Phi) is 11.1. The van der Waals surface area contributed by atoms with Crippen molar-refractivity contribution in [3.05, 3.63) is 35.9 Å². The van der Waals surface area contributed by atoms with Crippen LogP contribution in [0.5, 0.6) is 0 Å². The van der Waals surface area contributed by atoms with E-state index in [0.717, 1.165) is 0 Å². The van der Waals surface area contributed by atoms with E-state index in [-0.39, 0.29) is 5.60 Å². The number of benzene rings is 1. The van der Waals surface area contributed by atoms with Crippen molar-refractivity contribution < 1.29 is 4.74 Å². The first-order valence-electron chi connectivity index (χ1n) is 12.1. The number of hydrogen-bond acceptors (Lipinski definition) is 1. The first kappa shape index (κ1) is 22.5. The summed E-state index contributed by atoms with van der Waals surface area (Å²) in [5.41, 5.74) is 1.47. The van der Waals surface area contributed by atoms with Crippen LogP contribution in [0.1, 0.15) is 122 Å². The number of ether oxygens (including phenoxy) is 1. The molecule has 0 N–H and O–H groups in total. The van der Waals surface area contributed by atoms with Crippen LogP contribution in [0.2, 0.25) is 0 Å². The summed E-state index contributed by atoms with van der Waals surface area (Å²) in [5, 5.41) is 0. The Morgan fingerprint density at radius 3 is 1.78 bits per heavy atom. The van der Waals surface area contributed by atoms with Crippen LogP contribution in [0.4, 0.5) is 0 Å². The van der Waals surface area contributed by atoms with Crippen LogP contribution in [0.15, 0.2) is 30.3 Å². The maximum atomic E-state index is 6.38. The van der Waals surface area contributed by atoms with E-state index >= 15 is 0 Å². The van der Waals surface area contributed by atoms with E-state index in [1.54, 1.807) is 0 Å². The van der Waals surface area contributed by atoms with E-state index < -0.39 is 0 Å². The number of unbranched alkanes of at least 4 members (excludes halogenated alkanes) is 12. The van der Waals surface area contributed by atoms with Gasteiger partial charge < -0.3 is 4.74 Å². The standard InChI is InChI=1S/C26H44O/c1-3-5-7-9-11-13-18-22-25-26(27-25,24-20-16-15-17-21-24)23-19-14-12-10-8-6-4-2/h15-17,20-21,25H,3-14,18-19,22-23H2,1-2H3. The largest absolute Gasteiger partial charge is 0.361 e. The third-order valence-corrected chi connectivity index (χ3v) is 6.30. The summed E-state index contributed by atoms with van der Waals surface area (Å²) in [6, 6.07) is 11.0. The molecule has 0 aliphatic carbocycles. The number of epoxide rings is 1. The van der Waals surface area contributed by atoms with Crippen LogP contribution >= 0.6 is 0 Å². The maximum Gasteiger partial charge on any atom is 0.120 e. The third-order valence-electron chi connectivity index (χ3n) is 6.30. The highest BCUT2D eigenvalue weighted by Gasteiger charge is 2.55. The molecule has 2 atom stereocenters. The average molecular weight is 373 g/mol. The van der Waals surface area contributed by atoms with Gasteiger partial charge in [-0.1, -0.05) is 134 Å². The SMILES string of the molecule is CCCCCCCCCC1OC1(CCCCCCCCC)c1ccccc1. The molecule has 1 heterocycles. The number of rotatable bonds is 17. The number of hydrogen-bond donors (Lipinski definition) is 0. The summed E-state index contributed by atoms with van der Waals surface area (Å²) < 4.78 is 6.38. The van der Waals surface area contributed by atoms with Gasteiger partial charge in [-0.15, -0.1) is 0 Å². The Hall–Kier alpha value is -0.820. The molecule has 1 saturated heterocycles.